The molecule has 0 aliphatic carbocycles. The van der Waals surface area contributed by atoms with Gasteiger partial charge in [-0.05, 0) is 55.7 Å². The summed E-state index contributed by atoms with van der Waals surface area (Å²) >= 11 is 0. The Morgan fingerprint density at radius 2 is 2.11 bits per heavy atom. The Labute approximate surface area is 163 Å². The molecule has 1 amide bonds. The molecular formula is C19H22N2O6S. The normalized spacial score (nSPS) is 17.4. The molecule has 8 nitrogen and oxygen atoms in total. The monoisotopic (exact) mass is 406 g/mol. The summed E-state index contributed by atoms with van der Waals surface area (Å²) in [6.07, 6.45) is 2.55. The van der Waals surface area contributed by atoms with Crippen molar-refractivity contribution in [2.45, 2.75) is 37.2 Å². The highest BCUT2D eigenvalue weighted by atomic mass is 32.2. The number of nitrogens with zero attached hydrogens (tertiary/aromatic N) is 1. The number of nitrogens with one attached hydrogen (secondary N) is 1. The maximum absolute atomic E-state index is 13.2. The smallest absolute Gasteiger partial charge is 0.337 e. The van der Waals surface area contributed by atoms with Crippen LogP contribution in [0, 0.1) is 6.92 Å². The average molecular weight is 406 g/mol. The van der Waals surface area contributed by atoms with Gasteiger partial charge in [0.05, 0.1) is 30.4 Å². The van der Waals surface area contributed by atoms with Gasteiger partial charge in [-0.3, -0.25) is 4.79 Å². The molecule has 0 spiro atoms. The molecule has 1 saturated heterocycles. The summed E-state index contributed by atoms with van der Waals surface area (Å²) in [6.45, 7) is 2.07. The molecule has 1 aliphatic rings. The van der Waals surface area contributed by atoms with Crippen LogP contribution >= 0.6 is 0 Å². The van der Waals surface area contributed by atoms with Gasteiger partial charge in [-0.1, -0.05) is 0 Å². The summed E-state index contributed by atoms with van der Waals surface area (Å²) in [5.41, 5.74) is 0.692. The average Bonchev–Trinajstić information content (AvgIpc) is 3.37. The predicted octanol–water partition coefficient (Wildman–Crippen LogP) is 1.84. The van der Waals surface area contributed by atoms with Gasteiger partial charge in [0.25, 0.3) is 0 Å². The van der Waals surface area contributed by atoms with E-state index in [-0.39, 0.29) is 29.5 Å². The topological polar surface area (TPSA) is 106 Å². The number of methoxy groups -OCH3 is 1. The van der Waals surface area contributed by atoms with E-state index < -0.39 is 22.0 Å². The van der Waals surface area contributed by atoms with Gasteiger partial charge < -0.3 is 14.5 Å². The number of rotatable bonds is 6. The first kappa shape index (κ1) is 20.1. The first-order valence-electron chi connectivity index (χ1n) is 8.85. The van der Waals surface area contributed by atoms with E-state index >= 15 is 0 Å². The van der Waals surface area contributed by atoms with Gasteiger partial charge in [-0.25, -0.2) is 13.2 Å². The van der Waals surface area contributed by atoms with Crippen molar-refractivity contribution in [1.29, 1.82) is 0 Å². The lowest BCUT2D eigenvalue weighted by atomic mass is 10.1. The lowest BCUT2D eigenvalue weighted by molar-refractivity contribution is -0.124. The van der Waals surface area contributed by atoms with E-state index in [1.54, 1.807) is 19.1 Å². The third kappa shape index (κ3) is 3.95. The van der Waals surface area contributed by atoms with Crippen LogP contribution < -0.4 is 5.32 Å². The van der Waals surface area contributed by atoms with Crippen LogP contribution in [0.5, 0.6) is 0 Å². The molecule has 0 saturated carbocycles. The zero-order chi connectivity index (χ0) is 20.3. The molecule has 1 unspecified atom stereocenters. The molecular weight excluding hydrogens is 384 g/mol. The van der Waals surface area contributed by atoms with Crippen LogP contribution in [-0.2, 0) is 26.1 Å². The Morgan fingerprint density at radius 1 is 1.32 bits per heavy atom. The van der Waals surface area contributed by atoms with Crippen molar-refractivity contribution in [2.24, 2.45) is 0 Å². The summed E-state index contributed by atoms with van der Waals surface area (Å²) < 4.78 is 37.4. The van der Waals surface area contributed by atoms with Crippen LogP contribution in [0.25, 0.3) is 0 Å². The number of aryl methyl sites for hydroxylation is 1. The van der Waals surface area contributed by atoms with E-state index in [1.165, 1.54) is 35.9 Å². The second-order valence-corrected chi connectivity index (χ2v) is 8.40. The summed E-state index contributed by atoms with van der Waals surface area (Å²) in [7, 11) is -2.63. The number of carbonyl (C=O) groups is 2. The van der Waals surface area contributed by atoms with E-state index in [2.05, 4.69) is 10.1 Å². The number of hydrogen-bond donors (Lipinski definition) is 1. The summed E-state index contributed by atoms with van der Waals surface area (Å²) in [4.78, 5) is 24.3. The van der Waals surface area contributed by atoms with Crippen molar-refractivity contribution < 1.29 is 27.2 Å². The van der Waals surface area contributed by atoms with E-state index in [0.29, 0.717) is 24.2 Å². The second kappa shape index (κ2) is 8.15. The Balaban J connectivity index is 1.80. The summed E-state index contributed by atoms with van der Waals surface area (Å²) in [5, 5.41) is 2.73. The van der Waals surface area contributed by atoms with Crippen molar-refractivity contribution in [1.82, 2.24) is 9.62 Å². The van der Waals surface area contributed by atoms with Crippen molar-refractivity contribution in [3.8, 4) is 0 Å². The molecule has 0 radical (unpaired) electrons. The fourth-order valence-corrected chi connectivity index (χ4v) is 5.17. The van der Waals surface area contributed by atoms with Crippen LogP contribution in [0.3, 0.4) is 0 Å². The van der Waals surface area contributed by atoms with Crippen LogP contribution in [0.2, 0.25) is 0 Å². The molecule has 1 aliphatic heterocycles. The largest absolute Gasteiger partial charge is 0.467 e. The quantitative estimate of drug-likeness (QED) is 0.734. The number of furan rings is 1. The molecule has 28 heavy (non-hydrogen) atoms. The van der Waals surface area contributed by atoms with Gasteiger partial charge in [-0.15, -0.1) is 0 Å². The molecule has 0 bridgehead atoms. The maximum atomic E-state index is 13.2. The molecule has 1 fully saturated rings. The molecule has 1 aromatic heterocycles. The predicted molar refractivity (Wildman–Crippen MR) is 100.0 cm³/mol. The van der Waals surface area contributed by atoms with Gasteiger partial charge in [0.15, 0.2) is 0 Å². The van der Waals surface area contributed by atoms with Crippen LogP contribution in [0.15, 0.2) is 45.9 Å². The molecule has 1 aromatic carbocycles. The highest BCUT2D eigenvalue weighted by Crippen LogP contribution is 2.28. The third-order valence-corrected chi connectivity index (χ3v) is 6.77. The van der Waals surface area contributed by atoms with Gasteiger partial charge in [0.1, 0.15) is 11.8 Å². The van der Waals surface area contributed by atoms with E-state index in [9.17, 15) is 18.0 Å². The Hall–Kier alpha value is -2.65. The van der Waals surface area contributed by atoms with Gasteiger partial charge in [0, 0.05) is 6.54 Å². The molecule has 2 aromatic rings. The molecule has 2 heterocycles. The molecule has 150 valence electrons. The van der Waals surface area contributed by atoms with Gasteiger partial charge in [0.2, 0.25) is 15.9 Å². The van der Waals surface area contributed by atoms with Gasteiger partial charge >= 0.3 is 5.97 Å². The Kier molecular flexibility index (Phi) is 5.85. The van der Waals surface area contributed by atoms with Crippen molar-refractivity contribution in [3.05, 3.63) is 53.5 Å². The number of benzene rings is 1. The Bertz CT molecular complexity index is 968. The molecule has 1 atom stereocenters. The number of amides is 1. The van der Waals surface area contributed by atoms with Crippen LogP contribution in [0.4, 0.5) is 0 Å². The van der Waals surface area contributed by atoms with Gasteiger partial charge in [-0.2, -0.15) is 4.31 Å². The Morgan fingerprint density at radius 3 is 2.75 bits per heavy atom. The van der Waals surface area contributed by atoms with Crippen LogP contribution in [0.1, 0.15) is 34.5 Å². The molecule has 1 N–H and O–H groups in total. The number of sulfonamides is 1. The summed E-state index contributed by atoms with van der Waals surface area (Å²) in [6, 6.07) is 6.94. The maximum Gasteiger partial charge on any atom is 0.337 e. The van der Waals surface area contributed by atoms with Crippen molar-refractivity contribution >= 4 is 21.9 Å². The van der Waals surface area contributed by atoms with Crippen molar-refractivity contribution in [2.75, 3.05) is 13.7 Å². The van der Waals surface area contributed by atoms with Crippen molar-refractivity contribution in [3.63, 3.8) is 0 Å². The zero-order valence-electron chi connectivity index (χ0n) is 15.7. The van der Waals surface area contributed by atoms with E-state index in [0.717, 1.165) is 0 Å². The first-order valence-corrected chi connectivity index (χ1v) is 10.3. The van der Waals surface area contributed by atoms with Crippen LogP contribution in [-0.4, -0.2) is 44.3 Å². The standard InChI is InChI=1S/C19H22N2O6S/c1-13-11-14(19(23)26-2)7-8-17(13)28(24,25)21-9-3-6-16(21)18(22)20-12-15-5-4-10-27-15/h4-5,7-8,10-11,16H,3,6,9,12H2,1-2H3,(H,20,22). The SMILES string of the molecule is COC(=O)c1ccc(S(=O)(=O)N2CCCC2C(=O)NCc2ccco2)c(C)c1. The molecule has 9 heteroatoms. The highest BCUT2D eigenvalue weighted by Gasteiger charge is 2.40. The second-order valence-electron chi connectivity index (χ2n) is 6.54. The lowest BCUT2D eigenvalue weighted by Gasteiger charge is -2.24. The number of carbonyl (C=O) groups excluding carboxylic acids is 2. The fourth-order valence-electron chi connectivity index (χ4n) is 3.31. The number of hydrogen-bond acceptors (Lipinski definition) is 6. The third-order valence-electron chi connectivity index (χ3n) is 4.71. The van der Waals surface area contributed by atoms with E-state index in [1.807, 2.05) is 0 Å². The highest BCUT2D eigenvalue weighted by molar-refractivity contribution is 7.89. The zero-order valence-corrected chi connectivity index (χ0v) is 16.5. The first-order chi connectivity index (χ1) is 13.3. The minimum Gasteiger partial charge on any atom is -0.467 e. The fraction of sp³-hybridized carbons (Fsp3) is 0.368. The minimum atomic E-state index is -3.89. The molecule has 3 rings (SSSR count). The lowest BCUT2D eigenvalue weighted by Crippen LogP contribution is -2.45. The number of esters is 1. The minimum absolute atomic E-state index is 0.0749. The number of ether oxygens (including phenoxy) is 1. The van der Waals surface area contributed by atoms with E-state index in [4.69, 9.17) is 4.42 Å². The summed E-state index contributed by atoms with van der Waals surface area (Å²) in [5.74, 6) is -0.306.